The highest BCUT2D eigenvalue weighted by Gasteiger charge is 2.23. The molecule has 5 nitrogen and oxygen atoms in total. The Labute approximate surface area is 182 Å². The van der Waals surface area contributed by atoms with Crippen LogP contribution in [0.1, 0.15) is 40.0 Å². The molecule has 0 aromatic heterocycles. The number of nitrogens with one attached hydrogen (secondary N) is 1. The van der Waals surface area contributed by atoms with Crippen molar-refractivity contribution in [3.05, 3.63) is 94.8 Å². The molecule has 0 saturated carbocycles. The molecule has 0 saturated heterocycles. The van der Waals surface area contributed by atoms with Gasteiger partial charge >= 0.3 is 0 Å². The van der Waals surface area contributed by atoms with Crippen LogP contribution in [0.5, 0.6) is 0 Å². The van der Waals surface area contributed by atoms with Crippen LogP contribution in [0.3, 0.4) is 0 Å². The topological polar surface area (TPSA) is 66.5 Å². The van der Waals surface area contributed by atoms with Gasteiger partial charge in [-0.05, 0) is 74.4 Å². The molecule has 0 heterocycles. The standard InChI is InChI=1S/C24H25FN2O3S/c1-16-5-12-22(13-6-16)31(29,30)27(4)23-14-9-20(15-17(23)2)24(28)26-18(3)19-7-10-21(25)11-8-19/h5-15,18H,1-4H3,(H,26,28). The van der Waals surface area contributed by atoms with Crippen molar-refractivity contribution in [1.82, 2.24) is 5.32 Å². The Balaban J connectivity index is 1.79. The molecule has 7 heteroatoms. The number of sulfonamides is 1. The number of hydrogen-bond acceptors (Lipinski definition) is 3. The van der Waals surface area contributed by atoms with Crippen LogP contribution in [0, 0.1) is 19.7 Å². The van der Waals surface area contributed by atoms with Crippen molar-refractivity contribution in [2.45, 2.75) is 31.7 Å². The average molecular weight is 441 g/mol. The highest BCUT2D eigenvalue weighted by molar-refractivity contribution is 7.92. The Morgan fingerprint density at radius 2 is 1.58 bits per heavy atom. The average Bonchev–Trinajstić information content (AvgIpc) is 2.73. The predicted molar refractivity (Wildman–Crippen MR) is 120 cm³/mol. The minimum atomic E-state index is -3.72. The zero-order valence-corrected chi connectivity index (χ0v) is 18.7. The van der Waals surface area contributed by atoms with Crippen molar-refractivity contribution in [1.29, 1.82) is 0 Å². The Kier molecular flexibility index (Phi) is 6.45. The van der Waals surface area contributed by atoms with Gasteiger partial charge in [0.15, 0.2) is 0 Å². The summed E-state index contributed by atoms with van der Waals surface area (Å²) in [5, 5.41) is 2.88. The predicted octanol–water partition coefficient (Wildman–Crippen LogP) is 4.76. The second-order valence-corrected chi connectivity index (χ2v) is 9.50. The van der Waals surface area contributed by atoms with Crippen molar-refractivity contribution in [2.24, 2.45) is 0 Å². The van der Waals surface area contributed by atoms with E-state index in [2.05, 4.69) is 5.32 Å². The van der Waals surface area contributed by atoms with E-state index in [0.29, 0.717) is 16.8 Å². The van der Waals surface area contributed by atoms with Gasteiger partial charge in [0.05, 0.1) is 16.6 Å². The minimum Gasteiger partial charge on any atom is -0.346 e. The number of amides is 1. The Bertz CT molecular complexity index is 1190. The van der Waals surface area contributed by atoms with Crippen molar-refractivity contribution >= 4 is 21.6 Å². The molecule has 0 aliphatic heterocycles. The first kappa shape index (κ1) is 22.5. The van der Waals surface area contributed by atoms with E-state index in [-0.39, 0.29) is 22.7 Å². The SMILES string of the molecule is Cc1ccc(S(=O)(=O)N(C)c2ccc(C(=O)NC(C)c3ccc(F)cc3)cc2C)cc1. The number of halogens is 1. The van der Waals surface area contributed by atoms with E-state index in [9.17, 15) is 17.6 Å². The number of rotatable bonds is 6. The number of carbonyl (C=O) groups excluding carboxylic acids is 1. The number of hydrogen-bond donors (Lipinski definition) is 1. The molecule has 0 radical (unpaired) electrons. The van der Waals surface area contributed by atoms with E-state index in [4.69, 9.17) is 0 Å². The summed E-state index contributed by atoms with van der Waals surface area (Å²) in [4.78, 5) is 12.9. The first-order valence-corrected chi connectivity index (χ1v) is 11.3. The number of nitrogens with zero attached hydrogens (tertiary/aromatic N) is 1. The number of anilines is 1. The summed E-state index contributed by atoms with van der Waals surface area (Å²) in [7, 11) is -2.23. The molecular weight excluding hydrogens is 415 g/mol. The maximum atomic E-state index is 13.1. The van der Waals surface area contributed by atoms with E-state index >= 15 is 0 Å². The summed E-state index contributed by atoms with van der Waals surface area (Å²) >= 11 is 0. The van der Waals surface area contributed by atoms with Gasteiger partial charge in [-0.15, -0.1) is 0 Å². The third-order valence-electron chi connectivity index (χ3n) is 5.20. The van der Waals surface area contributed by atoms with Crippen molar-refractivity contribution in [3.63, 3.8) is 0 Å². The first-order chi connectivity index (χ1) is 14.6. The van der Waals surface area contributed by atoms with Gasteiger partial charge < -0.3 is 5.32 Å². The molecule has 0 spiro atoms. The molecule has 3 aromatic rings. The van der Waals surface area contributed by atoms with Crippen LogP contribution in [0.2, 0.25) is 0 Å². The Hall–Kier alpha value is -3.19. The number of carbonyl (C=O) groups is 1. The molecule has 1 atom stereocenters. The van der Waals surface area contributed by atoms with Crippen molar-refractivity contribution < 1.29 is 17.6 Å². The molecular formula is C24H25FN2O3S. The maximum absolute atomic E-state index is 13.1. The van der Waals surface area contributed by atoms with Crippen molar-refractivity contribution in [3.8, 4) is 0 Å². The van der Waals surface area contributed by atoms with E-state index in [0.717, 1.165) is 11.1 Å². The van der Waals surface area contributed by atoms with E-state index < -0.39 is 10.0 Å². The van der Waals surface area contributed by atoms with E-state index in [1.54, 1.807) is 61.5 Å². The fourth-order valence-electron chi connectivity index (χ4n) is 3.26. The molecule has 31 heavy (non-hydrogen) atoms. The third kappa shape index (κ3) is 4.94. The molecule has 3 aromatic carbocycles. The molecule has 0 fully saturated rings. The monoisotopic (exact) mass is 440 g/mol. The van der Waals surface area contributed by atoms with Crippen LogP contribution in [0.4, 0.5) is 10.1 Å². The van der Waals surface area contributed by atoms with Gasteiger partial charge in [-0.1, -0.05) is 29.8 Å². The fourth-order valence-corrected chi connectivity index (χ4v) is 4.52. The molecule has 0 bridgehead atoms. The summed E-state index contributed by atoms with van der Waals surface area (Å²) in [5.41, 5.74) is 3.32. The highest BCUT2D eigenvalue weighted by Crippen LogP contribution is 2.26. The van der Waals surface area contributed by atoms with E-state index in [1.165, 1.54) is 23.5 Å². The maximum Gasteiger partial charge on any atom is 0.264 e. The number of aryl methyl sites for hydroxylation is 2. The third-order valence-corrected chi connectivity index (χ3v) is 6.98. The molecule has 3 rings (SSSR count). The summed E-state index contributed by atoms with van der Waals surface area (Å²) < 4.78 is 40.2. The van der Waals surface area contributed by atoms with Crippen LogP contribution in [0.25, 0.3) is 0 Å². The lowest BCUT2D eigenvalue weighted by Crippen LogP contribution is -2.28. The summed E-state index contributed by atoms with van der Waals surface area (Å²) in [6.45, 7) is 5.47. The van der Waals surface area contributed by atoms with Crippen LogP contribution in [0.15, 0.2) is 71.6 Å². The zero-order chi connectivity index (χ0) is 22.8. The summed E-state index contributed by atoms with van der Waals surface area (Å²) in [6, 6.07) is 17.2. The Morgan fingerprint density at radius 3 is 2.16 bits per heavy atom. The van der Waals surface area contributed by atoms with E-state index in [1.807, 2.05) is 13.8 Å². The molecule has 1 N–H and O–H groups in total. The van der Waals surface area contributed by atoms with Crippen LogP contribution < -0.4 is 9.62 Å². The summed E-state index contributed by atoms with van der Waals surface area (Å²) in [5.74, 6) is -0.631. The minimum absolute atomic E-state index is 0.204. The van der Waals surface area contributed by atoms with Gasteiger partial charge in [0, 0.05) is 12.6 Å². The molecule has 0 aliphatic rings. The van der Waals surface area contributed by atoms with Gasteiger partial charge in [0.1, 0.15) is 5.82 Å². The second kappa shape index (κ2) is 8.89. The lowest BCUT2D eigenvalue weighted by Gasteiger charge is -2.22. The zero-order valence-electron chi connectivity index (χ0n) is 17.9. The van der Waals surface area contributed by atoms with Crippen molar-refractivity contribution in [2.75, 3.05) is 11.4 Å². The molecule has 0 aliphatic carbocycles. The summed E-state index contributed by atoms with van der Waals surface area (Å²) in [6.07, 6.45) is 0. The van der Waals surface area contributed by atoms with Crippen LogP contribution in [-0.4, -0.2) is 21.4 Å². The molecule has 1 amide bonds. The lowest BCUT2D eigenvalue weighted by molar-refractivity contribution is 0.0940. The van der Waals surface area contributed by atoms with Gasteiger partial charge in [0.25, 0.3) is 15.9 Å². The van der Waals surface area contributed by atoms with Crippen LogP contribution in [-0.2, 0) is 10.0 Å². The second-order valence-electron chi connectivity index (χ2n) is 7.53. The first-order valence-electron chi connectivity index (χ1n) is 9.82. The molecule has 162 valence electrons. The molecule has 1 unspecified atom stereocenters. The highest BCUT2D eigenvalue weighted by atomic mass is 32.2. The normalized spacial score (nSPS) is 12.3. The van der Waals surface area contributed by atoms with Gasteiger partial charge in [0.2, 0.25) is 0 Å². The quantitative estimate of drug-likeness (QED) is 0.601. The lowest BCUT2D eigenvalue weighted by atomic mass is 10.1. The Morgan fingerprint density at radius 1 is 0.968 bits per heavy atom. The van der Waals surface area contributed by atoms with Gasteiger partial charge in [-0.25, -0.2) is 12.8 Å². The van der Waals surface area contributed by atoms with Gasteiger partial charge in [-0.3, -0.25) is 9.10 Å². The smallest absolute Gasteiger partial charge is 0.264 e. The van der Waals surface area contributed by atoms with Crippen LogP contribution >= 0.6 is 0 Å². The fraction of sp³-hybridized carbons (Fsp3) is 0.208. The van der Waals surface area contributed by atoms with Gasteiger partial charge in [-0.2, -0.15) is 0 Å². The largest absolute Gasteiger partial charge is 0.346 e. The number of benzene rings is 3.